The van der Waals surface area contributed by atoms with Crippen LogP contribution in [0, 0.1) is 13.8 Å². The second-order valence-corrected chi connectivity index (χ2v) is 9.41. The molecule has 1 aromatic heterocycles. The summed E-state index contributed by atoms with van der Waals surface area (Å²) >= 11 is 0. The number of carbonyl (C=O) groups excluding carboxylic acids is 1. The smallest absolute Gasteiger partial charge is 0.227 e. The number of nitrogens with zero attached hydrogens (tertiary/aromatic N) is 3. The van der Waals surface area contributed by atoms with Gasteiger partial charge in [-0.1, -0.05) is 63.6 Å². The highest BCUT2D eigenvalue weighted by Gasteiger charge is 2.34. The molecule has 0 radical (unpaired) electrons. The summed E-state index contributed by atoms with van der Waals surface area (Å²) in [7, 11) is 0. The van der Waals surface area contributed by atoms with Gasteiger partial charge in [-0.15, -0.1) is 0 Å². The number of carbonyl (C=O) groups is 1. The molecule has 2 heterocycles. The van der Waals surface area contributed by atoms with E-state index in [1.165, 1.54) is 61.6 Å². The van der Waals surface area contributed by atoms with Crippen LogP contribution in [-0.2, 0) is 11.3 Å². The molecule has 1 aliphatic rings. The second-order valence-electron chi connectivity index (χ2n) is 9.41. The summed E-state index contributed by atoms with van der Waals surface area (Å²) in [4.78, 5) is 19.9. The molecule has 1 amide bonds. The molecule has 1 aliphatic heterocycles. The van der Waals surface area contributed by atoms with Crippen LogP contribution in [-0.4, -0.2) is 22.0 Å². The Morgan fingerprint density at radius 3 is 2.47 bits per heavy atom. The van der Waals surface area contributed by atoms with Gasteiger partial charge in [-0.25, -0.2) is 4.98 Å². The average Bonchev–Trinajstić information content (AvgIpc) is 3.35. The first kappa shape index (κ1) is 22.6. The van der Waals surface area contributed by atoms with E-state index in [0.29, 0.717) is 13.0 Å². The molecule has 0 N–H and O–H groups in total. The van der Waals surface area contributed by atoms with Crippen LogP contribution >= 0.6 is 0 Å². The van der Waals surface area contributed by atoms with Crippen molar-refractivity contribution in [1.29, 1.82) is 0 Å². The van der Waals surface area contributed by atoms with Crippen molar-refractivity contribution in [3.63, 3.8) is 0 Å². The van der Waals surface area contributed by atoms with Crippen molar-refractivity contribution >= 4 is 22.6 Å². The standard InChI is InChI=1S/C28H37N3O/c1-4-5-6-7-8-9-12-17-30-26-14-11-10-13-25(26)29-28(30)23-19-27(32)31(20-23)24-16-15-21(2)22(3)18-24/h10-11,13-16,18,23H,4-9,12,17,19-20H2,1-3H3. The largest absolute Gasteiger partial charge is 0.328 e. The molecule has 4 nitrogen and oxygen atoms in total. The molecular formula is C28H37N3O. The maximum Gasteiger partial charge on any atom is 0.227 e. The lowest BCUT2D eigenvalue weighted by Gasteiger charge is -2.18. The Morgan fingerprint density at radius 1 is 0.938 bits per heavy atom. The third-order valence-corrected chi connectivity index (χ3v) is 6.96. The molecule has 3 aromatic rings. The van der Waals surface area contributed by atoms with Gasteiger partial charge in [0, 0.05) is 31.1 Å². The zero-order valence-corrected chi connectivity index (χ0v) is 19.9. The summed E-state index contributed by atoms with van der Waals surface area (Å²) in [5, 5.41) is 0. The number of benzene rings is 2. The first-order valence-corrected chi connectivity index (χ1v) is 12.4. The Labute approximate surface area is 192 Å². The zero-order valence-electron chi connectivity index (χ0n) is 19.9. The molecule has 0 aliphatic carbocycles. The molecular weight excluding hydrogens is 394 g/mol. The van der Waals surface area contributed by atoms with Gasteiger partial charge in [0.25, 0.3) is 0 Å². The predicted octanol–water partition coefficient (Wildman–Crippen LogP) is 6.92. The van der Waals surface area contributed by atoms with E-state index in [2.05, 4.69) is 67.8 Å². The number of unbranched alkanes of at least 4 members (excludes halogenated alkanes) is 6. The highest BCUT2D eigenvalue weighted by molar-refractivity contribution is 5.96. The highest BCUT2D eigenvalue weighted by atomic mass is 16.2. The van der Waals surface area contributed by atoms with Crippen molar-refractivity contribution in [2.45, 2.75) is 84.6 Å². The van der Waals surface area contributed by atoms with E-state index in [9.17, 15) is 4.79 Å². The van der Waals surface area contributed by atoms with Gasteiger partial charge >= 0.3 is 0 Å². The molecule has 4 heteroatoms. The molecule has 1 unspecified atom stereocenters. The van der Waals surface area contributed by atoms with Crippen LogP contribution in [0.3, 0.4) is 0 Å². The molecule has 4 rings (SSSR count). The van der Waals surface area contributed by atoms with E-state index in [-0.39, 0.29) is 11.8 Å². The van der Waals surface area contributed by atoms with Gasteiger partial charge in [0.2, 0.25) is 5.91 Å². The molecule has 2 aromatic carbocycles. The maximum absolute atomic E-state index is 13.0. The Morgan fingerprint density at radius 2 is 1.69 bits per heavy atom. The van der Waals surface area contributed by atoms with Crippen LogP contribution in [0.4, 0.5) is 5.69 Å². The van der Waals surface area contributed by atoms with Crippen molar-refractivity contribution in [3.05, 3.63) is 59.4 Å². The number of imidazole rings is 1. The van der Waals surface area contributed by atoms with E-state index in [0.717, 1.165) is 23.6 Å². The summed E-state index contributed by atoms with van der Waals surface area (Å²) in [6, 6.07) is 14.7. The zero-order chi connectivity index (χ0) is 22.5. The second kappa shape index (κ2) is 10.3. The SMILES string of the molecule is CCCCCCCCCn1c(C2CC(=O)N(c3ccc(C)c(C)c3)C2)nc2ccccc21. The van der Waals surface area contributed by atoms with Crippen molar-refractivity contribution in [1.82, 2.24) is 9.55 Å². The quantitative estimate of drug-likeness (QED) is 0.327. The maximum atomic E-state index is 13.0. The summed E-state index contributed by atoms with van der Waals surface area (Å²) in [6.07, 6.45) is 9.61. The summed E-state index contributed by atoms with van der Waals surface area (Å²) in [5.41, 5.74) is 5.74. The molecule has 1 saturated heterocycles. The number of aryl methyl sites for hydroxylation is 3. The van der Waals surface area contributed by atoms with Crippen LogP contribution in [0.1, 0.15) is 81.2 Å². The fourth-order valence-electron chi connectivity index (χ4n) is 4.89. The minimum Gasteiger partial charge on any atom is -0.328 e. The first-order chi connectivity index (χ1) is 15.6. The number of fused-ring (bicyclic) bond motifs is 1. The third-order valence-electron chi connectivity index (χ3n) is 6.96. The average molecular weight is 432 g/mol. The normalized spacial score (nSPS) is 16.4. The fraction of sp³-hybridized carbons (Fsp3) is 0.500. The van der Waals surface area contributed by atoms with Crippen LogP contribution in [0.2, 0.25) is 0 Å². The van der Waals surface area contributed by atoms with Crippen LogP contribution in [0.25, 0.3) is 11.0 Å². The molecule has 0 bridgehead atoms. The van der Waals surface area contributed by atoms with Gasteiger partial charge in [-0.2, -0.15) is 0 Å². The van der Waals surface area contributed by atoms with Crippen molar-refractivity contribution < 1.29 is 4.79 Å². The number of rotatable bonds is 10. The number of aromatic nitrogens is 2. The van der Waals surface area contributed by atoms with E-state index in [1.54, 1.807) is 0 Å². The van der Waals surface area contributed by atoms with E-state index in [4.69, 9.17) is 4.98 Å². The van der Waals surface area contributed by atoms with Gasteiger partial charge in [0.1, 0.15) is 5.82 Å². The van der Waals surface area contributed by atoms with Gasteiger partial charge in [-0.05, 0) is 55.7 Å². The molecule has 170 valence electrons. The first-order valence-electron chi connectivity index (χ1n) is 12.4. The van der Waals surface area contributed by atoms with Crippen LogP contribution in [0.15, 0.2) is 42.5 Å². The number of amides is 1. The minimum atomic E-state index is 0.140. The van der Waals surface area contributed by atoms with Gasteiger partial charge < -0.3 is 9.47 Å². The molecule has 0 saturated carbocycles. The molecule has 0 spiro atoms. The lowest BCUT2D eigenvalue weighted by Crippen LogP contribution is -2.24. The van der Waals surface area contributed by atoms with E-state index >= 15 is 0 Å². The number of para-hydroxylation sites is 2. The highest BCUT2D eigenvalue weighted by Crippen LogP contribution is 2.34. The molecule has 1 atom stereocenters. The van der Waals surface area contributed by atoms with Crippen molar-refractivity contribution in [3.8, 4) is 0 Å². The summed E-state index contributed by atoms with van der Waals surface area (Å²) in [5.74, 6) is 1.42. The lowest BCUT2D eigenvalue weighted by molar-refractivity contribution is -0.117. The number of hydrogen-bond donors (Lipinski definition) is 0. The predicted molar refractivity (Wildman–Crippen MR) is 133 cm³/mol. The summed E-state index contributed by atoms with van der Waals surface area (Å²) < 4.78 is 2.39. The van der Waals surface area contributed by atoms with Gasteiger partial charge in [0.15, 0.2) is 0 Å². The monoisotopic (exact) mass is 431 g/mol. The van der Waals surface area contributed by atoms with Gasteiger partial charge in [-0.3, -0.25) is 4.79 Å². The van der Waals surface area contributed by atoms with E-state index in [1.807, 2.05) is 4.90 Å². The van der Waals surface area contributed by atoms with E-state index < -0.39 is 0 Å². The van der Waals surface area contributed by atoms with Crippen LogP contribution < -0.4 is 4.90 Å². The number of hydrogen-bond acceptors (Lipinski definition) is 2. The topological polar surface area (TPSA) is 38.1 Å². The van der Waals surface area contributed by atoms with Gasteiger partial charge in [0.05, 0.1) is 11.0 Å². The lowest BCUT2D eigenvalue weighted by atomic mass is 10.1. The van der Waals surface area contributed by atoms with Crippen molar-refractivity contribution in [2.24, 2.45) is 0 Å². The van der Waals surface area contributed by atoms with Crippen LogP contribution in [0.5, 0.6) is 0 Å². The minimum absolute atomic E-state index is 0.140. The molecule has 1 fully saturated rings. The third kappa shape index (κ3) is 4.90. The Hall–Kier alpha value is -2.62. The summed E-state index contributed by atoms with van der Waals surface area (Å²) in [6.45, 7) is 8.18. The Kier molecular flexibility index (Phi) is 7.29. The number of anilines is 1. The Balaban J connectivity index is 1.50. The fourth-order valence-corrected chi connectivity index (χ4v) is 4.89. The Bertz CT molecular complexity index is 1070. The van der Waals surface area contributed by atoms with Crippen molar-refractivity contribution in [2.75, 3.05) is 11.4 Å². The molecule has 32 heavy (non-hydrogen) atoms.